The standard InChI is InChI=1S/C18H29N9O5/c1-7(2)15-9(4)8(3)13(24-27-21)18(31-15)32-17-12(23-26-20)6-11(22-25-19)16(14(17)29)30-10(5)28/h7-9,11-18,29H,6H2,1-5H3/t8-,9-,11+,12?,13?,14+,15?,16?,17+,18+/m0/s1. The van der Waals surface area contributed by atoms with E-state index in [0.717, 1.165) is 6.92 Å². The molecule has 0 aromatic carbocycles. The van der Waals surface area contributed by atoms with Crippen molar-refractivity contribution in [2.75, 3.05) is 0 Å². The number of rotatable bonds is 7. The summed E-state index contributed by atoms with van der Waals surface area (Å²) in [5.74, 6) is -0.581. The molecule has 2 aliphatic rings. The molecule has 1 N–H and O–H groups in total. The smallest absolute Gasteiger partial charge is 0.303 e. The maximum atomic E-state index is 11.6. The average Bonchev–Trinajstić information content (AvgIpc) is 2.72. The molecular weight excluding hydrogens is 422 g/mol. The molecule has 0 bridgehead atoms. The summed E-state index contributed by atoms with van der Waals surface area (Å²) in [4.78, 5) is 20.0. The van der Waals surface area contributed by atoms with E-state index in [9.17, 15) is 9.90 Å². The van der Waals surface area contributed by atoms with E-state index in [1.807, 2.05) is 27.7 Å². The Labute approximate surface area is 185 Å². The topological polar surface area (TPSA) is 211 Å². The molecule has 176 valence electrons. The van der Waals surface area contributed by atoms with E-state index < -0.39 is 48.7 Å². The summed E-state index contributed by atoms with van der Waals surface area (Å²) >= 11 is 0. The molecule has 4 unspecified atom stereocenters. The first-order valence-electron chi connectivity index (χ1n) is 10.4. The van der Waals surface area contributed by atoms with Crippen LogP contribution in [0.1, 0.15) is 41.0 Å². The van der Waals surface area contributed by atoms with Crippen LogP contribution < -0.4 is 0 Å². The van der Waals surface area contributed by atoms with Crippen molar-refractivity contribution in [3.05, 3.63) is 31.3 Å². The van der Waals surface area contributed by atoms with Crippen molar-refractivity contribution in [3.63, 3.8) is 0 Å². The highest BCUT2D eigenvalue weighted by molar-refractivity contribution is 5.66. The van der Waals surface area contributed by atoms with Crippen LogP contribution in [-0.2, 0) is 19.0 Å². The Morgan fingerprint density at radius 1 is 1.03 bits per heavy atom. The van der Waals surface area contributed by atoms with Gasteiger partial charge in [0.05, 0.1) is 30.3 Å². The van der Waals surface area contributed by atoms with Gasteiger partial charge in [0.25, 0.3) is 0 Å². The first-order chi connectivity index (χ1) is 15.2. The fourth-order valence-electron chi connectivity index (χ4n) is 4.50. The van der Waals surface area contributed by atoms with Gasteiger partial charge in [0.2, 0.25) is 0 Å². The molecule has 1 aliphatic carbocycles. The highest BCUT2D eigenvalue weighted by atomic mass is 16.7. The summed E-state index contributed by atoms with van der Waals surface area (Å²) in [6, 6.07) is -2.61. The number of aliphatic hydroxyl groups excluding tert-OH is 1. The van der Waals surface area contributed by atoms with Crippen LogP contribution in [0.25, 0.3) is 31.3 Å². The van der Waals surface area contributed by atoms with E-state index in [1.165, 1.54) is 0 Å². The van der Waals surface area contributed by atoms with Gasteiger partial charge < -0.3 is 19.3 Å². The van der Waals surface area contributed by atoms with Gasteiger partial charge in [0.15, 0.2) is 6.29 Å². The monoisotopic (exact) mass is 451 g/mol. The number of hydrogen-bond acceptors (Lipinski definition) is 8. The second-order valence-electron chi connectivity index (χ2n) is 8.57. The van der Waals surface area contributed by atoms with Crippen molar-refractivity contribution in [2.24, 2.45) is 33.1 Å². The van der Waals surface area contributed by atoms with Crippen molar-refractivity contribution < 1.29 is 24.1 Å². The van der Waals surface area contributed by atoms with Crippen LogP contribution in [0.15, 0.2) is 15.3 Å². The van der Waals surface area contributed by atoms with Gasteiger partial charge in [-0.1, -0.05) is 43.0 Å². The lowest BCUT2D eigenvalue weighted by atomic mass is 9.78. The van der Waals surface area contributed by atoms with Gasteiger partial charge in [-0.25, -0.2) is 0 Å². The fraction of sp³-hybridized carbons (Fsp3) is 0.944. The third-order valence-electron chi connectivity index (χ3n) is 6.21. The van der Waals surface area contributed by atoms with Crippen LogP contribution in [0.4, 0.5) is 0 Å². The van der Waals surface area contributed by atoms with Gasteiger partial charge in [0, 0.05) is 21.7 Å². The molecule has 0 aromatic heterocycles. The van der Waals surface area contributed by atoms with Crippen molar-refractivity contribution in [1.82, 2.24) is 0 Å². The molecule has 2 fully saturated rings. The molecule has 0 radical (unpaired) electrons. The highest BCUT2D eigenvalue weighted by Gasteiger charge is 2.50. The Hall–Kier alpha value is -2.72. The van der Waals surface area contributed by atoms with Gasteiger partial charge in [-0.05, 0) is 40.8 Å². The van der Waals surface area contributed by atoms with Crippen LogP contribution in [-0.4, -0.2) is 59.9 Å². The van der Waals surface area contributed by atoms with Crippen molar-refractivity contribution in [1.29, 1.82) is 0 Å². The maximum Gasteiger partial charge on any atom is 0.303 e. The van der Waals surface area contributed by atoms with E-state index >= 15 is 0 Å². The zero-order valence-corrected chi connectivity index (χ0v) is 18.7. The third kappa shape index (κ3) is 5.55. The SMILES string of the molecule is CC(=O)OC1[C@@H](O)[C@H](O[C@H]2OC(C(C)C)[C@@H](C)[C@H](C)C2N=[N+]=[N-])C(N=[N+]=[N-])C[C@H]1N=[N+]=[N-]. The molecule has 0 spiro atoms. The number of hydrogen-bond donors (Lipinski definition) is 1. The number of esters is 1. The minimum Gasteiger partial charge on any atom is -0.459 e. The average molecular weight is 451 g/mol. The number of aliphatic hydroxyl groups is 1. The first kappa shape index (κ1) is 25.5. The van der Waals surface area contributed by atoms with Gasteiger partial charge in [-0.3, -0.25) is 4.79 Å². The third-order valence-corrected chi connectivity index (χ3v) is 6.21. The quantitative estimate of drug-likeness (QED) is 0.264. The van der Waals surface area contributed by atoms with E-state index in [0.29, 0.717) is 0 Å². The summed E-state index contributed by atoms with van der Waals surface area (Å²) in [5.41, 5.74) is 27.0. The summed E-state index contributed by atoms with van der Waals surface area (Å²) in [6.45, 7) is 9.09. The first-order valence-corrected chi connectivity index (χ1v) is 10.4. The second-order valence-corrected chi connectivity index (χ2v) is 8.57. The van der Waals surface area contributed by atoms with Crippen LogP contribution >= 0.6 is 0 Å². The lowest BCUT2D eigenvalue weighted by Crippen LogP contribution is -2.60. The Bertz CT molecular complexity index is 822. The lowest BCUT2D eigenvalue weighted by Gasteiger charge is -2.48. The molecule has 2 rings (SSSR count). The Morgan fingerprint density at radius 2 is 1.59 bits per heavy atom. The van der Waals surface area contributed by atoms with Crippen molar-refractivity contribution >= 4 is 5.97 Å². The van der Waals surface area contributed by atoms with Crippen LogP contribution in [0, 0.1) is 17.8 Å². The zero-order valence-electron chi connectivity index (χ0n) is 18.7. The van der Waals surface area contributed by atoms with Crippen LogP contribution in [0.3, 0.4) is 0 Å². The Kier molecular flexibility index (Phi) is 8.97. The molecule has 0 amide bonds. The van der Waals surface area contributed by atoms with E-state index in [2.05, 4.69) is 30.1 Å². The number of carbonyl (C=O) groups excluding carboxylic acids is 1. The fourth-order valence-corrected chi connectivity index (χ4v) is 4.50. The lowest BCUT2D eigenvalue weighted by molar-refractivity contribution is -0.278. The summed E-state index contributed by atoms with van der Waals surface area (Å²) in [7, 11) is 0. The Morgan fingerprint density at radius 3 is 2.09 bits per heavy atom. The highest BCUT2D eigenvalue weighted by Crippen LogP contribution is 2.39. The predicted molar refractivity (Wildman–Crippen MR) is 112 cm³/mol. The second kappa shape index (κ2) is 11.2. The molecule has 1 heterocycles. The number of carbonyl (C=O) groups is 1. The normalized spacial score (nSPS) is 39.2. The number of azide groups is 3. The zero-order chi connectivity index (χ0) is 24.0. The van der Waals surface area contributed by atoms with E-state index in [1.54, 1.807) is 0 Å². The van der Waals surface area contributed by atoms with Gasteiger partial charge in [0.1, 0.15) is 12.2 Å². The van der Waals surface area contributed by atoms with Gasteiger partial charge in [-0.2, -0.15) is 0 Å². The van der Waals surface area contributed by atoms with Gasteiger partial charge in [-0.15, -0.1) is 0 Å². The van der Waals surface area contributed by atoms with Crippen molar-refractivity contribution in [2.45, 2.75) is 89.9 Å². The number of nitrogens with zero attached hydrogens (tertiary/aromatic N) is 9. The van der Waals surface area contributed by atoms with Gasteiger partial charge >= 0.3 is 5.97 Å². The molecule has 1 aliphatic heterocycles. The van der Waals surface area contributed by atoms with E-state index in [4.69, 9.17) is 30.8 Å². The van der Waals surface area contributed by atoms with Crippen LogP contribution in [0.2, 0.25) is 0 Å². The number of ether oxygens (including phenoxy) is 3. The maximum absolute atomic E-state index is 11.6. The Balaban J connectivity index is 2.41. The molecule has 0 aromatic rings. The molecule has 14 heteroatoms. The summed E-state index contributed by atoms with van der Waals surface area (Å²) in [6.07, 6.45) is -5.12. The molecule has 10 atom stereocenters. The molecule has 32 heavy (non-hydrogen) atoms. The minimum atomic E-state index is -1.49. The van der Waals surface area contributed by atoms with Crippen LogP contribution in [0.5, 0.6) is 0 Å². The summed E-state index contributed by atoms with van der Waals surface area (Å²) < 4.78 is 17.4. The van der Waals surface area contributed by atoms with E-state index in [-0.39, 0.29) is 30.3 Å². The largest absolute Gasteiger partial charge is 0.459 e. The van der Waals surface area contributed by atoms with Crippen molar-refractivity contribution in [3.8, 4) is 0 Å². The molecule has 1 saturated heterocycles. The molecule has 14 nitrogen and oxygen atoms in total. The molecular formula is C18H29N9O5. The predicted octanol–water partition coefficient (Wildman–Crippen LogP) is 3.76. The minimum absolute atomic E-state index is 0.0216. The molecule has 1 saturated carbocycles. The summed E-state index contributed by atoms with van der Waals surface area (Å²) in [5, 5.41) is 22.1.